The first-order valence-electron chi connectivity index (χ1n) is 9.36. The van der Waals surface area contributed by atoms with E-state index in [-0.39, 0.29) is 28.9 Å². The number of para-hydroxylation sites is 1. The average Bonchev–Trinajstić information content (AvgIpc) is 3.12. The van der Waals surface area contributed by atoms with Crippen molar-refractivity contribution in [3.05, 3.63) is 69.3 Å². The monoisotopic (exact) mass is 379 g/mol. The smallest absolute Gasteiger partial charge is 0.274 e. The molecule has 0 N–H and O–H groups in total. The molecule has 7 heteroatoms. The molecule has 2 aliphatic rings. The first kappa shape index (κ1) is 18.2. The number of amides is 1. The predicted octanol–water partition coefficient (Wildman–Crippen LogP) is 3.86. The number of rotatable bonds is 4. The highest BCUT2D eigenvalue weighted by Gasteiger charge is 2.45. The van der Waals surface area contributed by atoms with Crippen molar-refractivity contribution in [1.82, 2.24) is 5.01 Å². The second kappa shape index (κ2) is 7.07. The summed E-state index contributed by atoms with van der Waals surface area (Å²) in [5.74, 6) is 0.574. The zero-order valence-electron chi connectivity index (χ0n) is 15.8. The second-order valence-electron chi connectivity index (χ2n) is 7.01. The van der Waals surface area contributed by atoms with Gasteiger partial charge in [-0.25, -0.2) is 5.01 Å². The van der Waals surface area contributed by atoms with E-state index in [4.69, 9.17) is 4.74 Å². The van der Waals surface area contributed by atoms with Crippen molar-refractivity contribution in [2.24, 2.45) is 11.0 Å². The van der Waals surface area contributed by atoms with Crippen LogP contribution in [0.15, 0.2) is 47.6 Å². The fourth-order valence-electron chi connectivity index (χ4n) is 4.21. The molecule has 2 atom stereocenters. The number of ether oxygens (including phenoxy) is 1. The Morgan fingerprint density at radius 3 is 2.82 bits per heavy atom. The minimum Gasteiger partial charge on any atom is -0.497 e. The lowest BCUT2D eigenvalue weighted by atomic mass is 9.77. The minimum atomic E-state index is -0.459. The van der Waals surface area contributed by atoms with Crippen LogP contribution in [0.1, 0.15) is 42.5 Å². The van der Waals surface area contributed by atoms with Crippen molar-refractivity contribution >= 4 is 17.3 Å². The first-order valence-corrected chi connectivity index (χ1v) is 9.36. The van der Waals surface area contributed by atoms with Crippen molar-refractivity contribution in [2.75, 3.05) is 7.11 Å². The van der Waals surface area contributed by atoms with Crippen LogP contribution in [0.3, 0.4) is 0 Å². The van der Waals surface area contributed by atoms with Gasteiger partial charge in [-0.1, -0.05) is 19.1 Å². The van der Waals surface area contributed by atoms with Crippen LogP contribution in [-0.4, -0.2) is 28.7 Å². The molecule has 1 aliphatic heterocycles. The number of carbonyl (C=O) groups is 1. The third-order valence-corrected chi connectivity index (χ3v) is 5.53. The van der Waals surface area contributed by atoms with Crippen LogP contribution in [0.2, 0.25) is 0 Å². The van der Waals surface area contributed by atoms with Gasteiger partial charge in [0.25, 0.3) is 5.69 Å². The summed E-state index contributed by atoms with van der Waals surface area (Å²) < 4.78 is 5.32. The van der Waals surface area contributed by atoms with Crippen LogP contribution < -0.4 is 4.74 Å². The Bertz CT molecular complexity index is 985. The summed E-state index contributed by atoms with van der Waals surface area (Å²) in [6.45, 7) is 1.78. The van der Waals surface area contributed by atoms with Gasteiger partial charge in [-0.2, -0.15) is 5.10 Å². The summed E-state index contributed by atoms with van der Waals surface area (Å²) in [5.41, 5.74) is 3.51. The van der Waals surface area contributed by atoms with Gasteiger partial charge in [0.2, 0.25) is 5.91 Å². The molecule has 28 heavy (non-hydrogen) atoms. The van der Waals surface area contributed by atoms with Gasteiger partial charge < -0.3 is 4.74 Å². The highest BCUT2D eigenvalue weighted by atomic mass is 16.6. The Labute approximate surface area is 162 Å². The zero-order chi connectivity index (χ0) is 19.8. The predicted molar refractivity (Wildman–Crippen MR) is 104 cm³/mol. The number of fused-ring (bicyclic) bond motifs is 3. The quantitative estimate of drug-likeness (QED) is 0.596. The van der Waals surface area contributed by atoms with Gasteiger partial charge in [0.15, 0.2) is 0 Å². The van der Waals surface area contributed by atoms with Gasteiger partial charge in [-0.3, -0.25) is 14.9 Å². The van der Waals surface area contributed by atoms with Crippen LogP contribution in [0.4, 0.5) is 5.69 Å². The molecule has 0 spiro atoms. The van der Waals surface area contributed by atoms with Crippen LogP contribution >= 0.6 is 0 Å². The molecule has 0 saturated heterocycles. The fourth-order valence-corrected chi connectivity index (χ4v) is 4.21. The molecule has 0 saturated carbocycles. The summed E-state index contributed by atoms with van der Waals surface area (Å²) in [6, 6.07) is 12.0. The molecule has 0 aromatic heterocycles. The molecular formula is C21H21N3O4. The van der Waals surface area contributed by atoms with Crippen LogP contribution in [-0.2, 0) is 11.2 Å². The summed E-state index contributed by atoms with van der Waals surface area (Å²) in [6.07, 6.45) is 1.86. The zero-order valence-corrected chi connectivity index (χ0v) is 15.8. The Morgan fingerprint density at radius 2 is 2.11 bits per heavy atom. The average molecular weight is 379 g/mol. The molecule has 1 aliphatic carbocycles. The number of nitro benzene ring substituents is 1. The molecule has 7 nitrogen and oxygen atoms in total. The molecule has 0 radical (unpaired) electrons. The highest BCUT2D eigenvalue weighted by molar-refractivity contribution is 6.07. The number of hydrogen-bond acceptors (Lipinski definition) is 5. The van der Waals surface area contributed by atoms with Gasteiger partial charge in [0.1, 0.15) is 5.75 Å². The molecule has 144 valence electrons. The van der Waals surface area contributed by atoms with E-state index in [1.807, 2.05) is 18.2 Å². The van der Waals surface area contributed by atoms with Crippen molar-refractivity contribution in [2.45, 2.75) is 32.2 Å². The van der Waals surface area contributed by atoms with Crippen molar-refractivity contribution < 1.29 is 14.5 Å². The lowest BCUT2D eigenvalue weighted by molar-refractivity contribution is -0.386. The third kappa shape index (κ3) is 2.83. The van der Waals surface area contributed by atoms with Gasteiger partial charge in [-0.05, 0) is 42.7 Å². The number of benzene rings is 2. The maximum absolute atomic E-state index is 12.7. The van der Waals surface area contributed by atoms with E-state index in [2.05, 4.69) is 5.10 Å². The SMILES string of the molecule is CCC(=O)N1N=C2c3ccc(OC)cc3CC[C@H]2[C@@H]1c1ccccc1[N+](=O)[O-]. The number of methoxy groups -OCH3 is 1. The van der Waals surface area contributed by atoms with Crippen molar-refractivity contribution in [1.29, 1.82) is 0 Å². The number of nitro groups is 1. The number of aryl methyl sites for hydroxylation is 1. The van der Waals surface area contributed by atoms with E-state index >= 15 is 0 Å². The van der Waals surface area contributed by atoms with Crippen LogP contribution in [0.5, 0.6) is 5.75 Å². The van der Waals surface area contributed by atoms with E-state index in [0.29, 0.717) is 5.56 Å². The van der Waals surface area contributed by atoms with Crippen molar-refractivity contribution in [3.63, 3.8) is 0 Å². The van der Waals surface area contributed by atoms with Crippen LogP contribution in [0.25, 0.3) is 0 Å². The third-order valence-electron chi connectivity index (χ3n) is 5.53. The molecule has 0 unspecified atom stereocenters. The number of nitrogens with zero attached hydrogens (tertiary/aromatic N) is 3. The van der Waals surface area contributed by atoms with Gasteiger partial charge >= 0.3 is 0 Å². The van der Waals surface area contributed by atoms with E-state index < -0.39 is 6.04 Å². The largest absolute Gasteiger partial charge is 0.497 e. The minimum absolute atomic E-state index is 0.0263. The van der Waals surface area contributed by atoms with E-state index in [1.54, 1.807) is 32.2 Å². The lowest BCUT2D eigenvalue weighted by Gasteiger charge is -2.29. The number of carbonyl (C=O) groups excluding carboxylic acids is 1. The van der Waals surface area contributed by atoms with Gasteiger partial charge in [0, 0.05) is 24.0 Å². The molecule has 1 heterocycles. The summed E-state index contributed by atoms with van der Waals surface area (Å²) >= 11 is 0. The summed E-state index contributed by atoms with van der Waals surface area (Å²) in [5, 5.41) is 17.7. The number of hydrazone groups is 1. The Hall–Kier alpha value is -3.22. The maximum atomic E-state index is 12.7. The topological polar surface area (TPSA) is 85.0 Å². The summed E-state index contributed by atoms with van der Waals surface area (Å²) in [7, 11) is 1.63. The lowest BCUT2D eigenvalue weighted by Crippen LogP contribution is -2.32. The van der Waals surface area contributed by atoms with E-state index in [1.165, 1.54) is 11.1 Å². The first-order chi connectivity index (χ1) is 13.5. The fraction of sp³-hybridized carbons (Fsp3) is 0.333. The maximum Gasteiger partial charge on any atom is 0.274 e. The van der Waals surface area contributed by atoms with Gasteiger partial charge in [-0.15, -0.1) is 0 Å². The van der Waals surface area contributed by atoms with Crippen LogP contribution in [0, 0.1) is 16.0 Å². The molecule has 2 aromatic carbocycles. The molecule has 1 amide bonds. The summed E-state index contributed by atoms with van der Waals surface area (Å²) in [4.78, 5) is 23.9. The molecule has 0 bridgehead atoms. The standard InChI is InChI=1S/C21H21N3O4/c1-3-19(25)23-21(16-6-4-5-7-18(16)24(26)27)17-10-8-13-12-14(28-2)9-11-15(13)20(17)22-23/h4-7,9,11-12,17,21H,3,8,10H2,1-2H3/t17-,21+/m1/s1. The number of hydrogen-bond donors (Lipinski definition) is 0. The van der Waals surface area contributed by atoms with E-state index in [0.717, 1.165) is 35.4 Å². The Morgan fingerprint density at radius 1 is 1.32 bits per heavy atom. The highest BCUT2D eigenvalue weighted by Crippen LogP contribution is 2.46. The second-order valence-corrected chi connectivity index (χ2v) is 7.01. The van der Waals surface area contributed by atoms with E-state index in [9.17, 15) is 14.9 Å². The molecule has 0 fully saturated rings. The molecule has 4 rings (SSSR count). The normalized spacial score (nSPS) is 20.2. The molecular weight excluding hydrogens is 358 g/mol. The van der Waals surface area contributed by atoms with Crippen molar-refractivity contribution in [3.8, 4) is 5.75 Å². The Balaban J connectivity index is 1.83. The van der Waals surface area contributed by atoms with Gasteiger partial charge in [0.05, 0.1) is 29.4 Å². The molecule has 2 aromatic rings. The Kier molecular flexibility index (Phi) is 4.58.